The molecule has 18 heavy (non-hydrogen) atoms. The van der Waals surface area contributed by atoms with Crippen LogP contribution < -0.4 is 0 Å². The molecule has 0 fully saturated rings. The average molecular weight is 250 g/mol. The molecule has 1 aromatic heterocycles. The van der Waals surface area contributed by atoms with Crippen LogP contribution in [0.1, 0.15) is 19.0 Å². The molecule has 1 rings (SSSR count). The van der Waals surface area contributed by atoms with Gasteiger partial charge in [0.05, 0.1) is 5.92 Å². The molecule has 0 radical (unpaired) electrons. The Bertz CT molecular complexity index is 406. The Kier molecular flexibility index (Phi) is 5.30. The molecule has 0 aliphatic carbocycles. The first-order chi connectivity index (χ1) is 8.50. The second-order valence-electron chi connectivity index (χ2n) is 4.33. The van der Waals surface area contributed by atoms with Crippen LogP contribution in [0.2, 0.25) is 0 Å². The van der Waals surface area contributed by atoms with Crippen LogP contribution in [0.3, 0.4) is 0 Å². The van der Waals surface area contributed by atoms with Crippen LogP contribution in [0.4, 0.5) is 0 Å². The number of aromatic nitrogens is 1. The van der Waals surface area contributed by atoms with E-state index in [1.807, 2.05) is 18.2 Å². The molecule has 1 unspecified atom stereocenters. The summed E-state index contributed by atoms with van der Waals surface area (Å²) in [5.41, 5.74) is 0.866. The fourth-order valence-electron chi connectivity index (χ4n) is 1.56. The number of carboxylic acids is 1. The lowest BCUT2D eigenvalue weighted by Gasteiger charge is -2.19. The minimum atomic E-state index is -0.889. The van der Waals surface area contributed by atoms with Crippen LogP contribution in [-0.4, -0.2) is 40.5 Å². The second kappa shape index (κ2) is 6.74. The maximum Gasteiger partial charge on any atom is 0.308 e. The van der Waals surface area contributed by atoms with E-state index in [0.717, 1.165) is 5.69 Å². The normalized spacial score (nSPS) is 11.9. The molecular formula is C13H18N2O3. The van der Waals surface area contributed by atoms with E-state index in [1.54, 1.807) is 20.2 Å². The molecule has 0 saturated heterocycles. The van der Waals surface area contributed by atoms with Gasteiger partial charge in [0, 0.05) is 31.9 Å². The van der Waals surface area contributed by atoms with Gasteiger partial charge in [0.25, 0.3) is 0 Å². The van der Waals surface area contributed by atoms with E-state index < -0.39 is 11.9 Å². The van der Waals surface area contributed by atoms with Gasteiger partial charge in [-0.25, -0.2) is 0 Å². The molecule has 0 aliphatic rings. The first-order valence-corrected chi connectivity index (χ1v) is 5.87. The number of hydrogen-bond donors (Lipinski definition) is 1. The maximum absolute atomic E-state index is 11.8. The standard InChI is InChI=1S/C13H18N2O3/c1-10(13(17)18)9-15(2)12(16)7-6-11-5-3-4-8-14-11/h3-5,8,10H,6-7,9H2,1-2H3,(H,17,18). The number of pyridine rings is 1. The zero-order valence-electron chi connectivity index (χ0n) is 10.7. The first kappa shape index (κ1) is 14.2. The zero-order chi connectivity index (χ0) is 13.5. The van der Waals surface area contributed by atoms with E-state index in [2.05, 4.69) is 4.98 Å². The molecule has 0 aliphatic heterocycles. The number of hydrogen-bond acceptors (Lipinski definition) is 3. The highest BCUT2D eigenvalue weighted by molar-refractivity contribution is 5.77. The molecule has 5 nitrogen and oxygen atoms in total. The van der Waals surface area contributed by atoms with Gasteiger partial charge in [0.1, 0.15) is 0 Å². The monoisotopic (exact) mass is 250 g/mol. The first-order valence-electron chi connectivity index (χ1n) is 5.87. The Morgan fingerprint density at radius 2 is 2.17 bits per heavy atom. The third-order valence-corrected chi connectivity index (χ3v) is 2.72. The molecule has 0 spiro atoms. The van der Waals surface area contributed by atoms with Gasteiger partial charge in [0.2, 0.25) is 5.91 Å². The second-order valence-corrected chi connectivity index (χ2v) is 4.33. The van der Waals surface area contributed by atoms with Crippen molar-refractivity contribution in [1.29, 1.82) is 0 Å². The summed E-state index contributed by atoms with van der Waals surface area (Å²) in [7, 11) is 1.63. The van der Waals surface area contributed by atoms with E-state index >= 15 is 0 Å². The number of amides is 1. The minimum absolute atomic E-state index is 0.0613. The minimum Gasteiger partial charge on any atom is -0.481 e. The SMILES string of the molecule is CC(CN(C)C(=O)CCc1ccccn1)C(=O)O. The molecule has 1 heterocycles. The zero-order valence-corrected chi connectivity index (χ0v) is 10.7. The van der Waals surface area contributed by atoms with Crippen LogP contribution in [-0.2, 0) is 16.0 Å². The van der Waals surface area contributed by atoms with Crippen molar-refractivity contribution in [3.05, 3.63) is 30.1 Å². The number of carboxylic acid groups (broad SMARTS) is 1. The van der Waals surface area contributed by atoms with E-state index in [4.69, 9.17) is 5.11 Å². The number of carbonyl (C=O) groups excluding carboxylic acids is 1. The number of rotatable bonds is 6. The fraction of sp³-hybridized carbons (Fsp3) is 0.462. The smallest absolute Gasteiger partial charge is 0.308 e. The van der Waals surface area contributed by atoms with Crippen molar-refractivity contribution in [3.8, 4) is 0 Å². The van der Waals surface area contributed by atoms with Gasteiger partial charge in [-0.3, -0.25) is 14.6 Å². The predicted molar refractivity (Wildman–Crippen MR) is 67.0 cm³/mol. The van der Waals surface area contributed by atoms with Crippen LogP contribution in [0.25, 0.3) is 0 Å². The van der Waals surface area contributed by atoms with Crippen LogP contribution >= 0.6 is 0 Å². The van der Waals surface area contributed by atoms with Crippen molar-refractivity contribution in [2.24, 2.45) is 5.92 Å². The third-order valence-electron chi connectivity index (χ3n) is 2.72. The van der Waals surface area contributed by atoms with Gasteiger partial charge in [-0.2, -0.15) is 0 Å². The maximum atomic E-state index is 11.8. The molecule has 1 amide bonds. The highest BCUT2D eigenvalue weighted by Gasteiger charge is 2.17. The van der Waals surface area contributed by atoms with Crippen molar-refractivity contribution >= 4 is 11.9 Å². The topological polar surface area (TPSA) is 70.5 Å². The van der Waals surface area contributed by atoms with Gasteiger partial charge in [0.15, 0.2) is 0 Å². The van der Waals surface area contributed by atoms with Gasteiger partial charge < -0.3 is 10.0 Å². The lowest BCUT2D eigenvalue weighted by atomic mass is 10.1. The molecule has 98 valence electrons. The van der Waals surface area contributed by atoms with E-state index in [-0.39, 0.29) is 12.5 Å². The fourth-order valence-corrected chi connectivity index (χ4v) is 1.56. The highest BCUT2D eigenvalue weighted by atomic mass is 16.4. The molecule has 1 N–H and O–H groups in total. The number of aryl methyl sites for hydroxylation is 1. The van der Waals surface area contributed by atoms with Gasteiger partial charge in [-0.1, -0.05) is 13.0 Å². The molecule has 5 heteroatoms. The lowest BCUT2D eigenvalue weighted by molar-refractivity contribution is -0.142. The summed E-state index contributed by atoms with van der Waals surface area (Å²) in [6.45, 7) is 1.82. The quantitative estimate of drug-likeness (QED) is 0.823. The van der Waals surface area contributed by atoms with E-state index in [0.29, 0.717) is 12.8 Å². The van der Waals surface area contributed by atoms with Crippen molar-refractivity contribution < 1.29 is 14.7 Å². The molecule has 1 aromatic rings. The molecule has 0 saturated carbocycles. The van der Waals surface area contributed by atoms with Gasteiger partial charge >= 0.3 is 5.97 Å². The summed E-state index contributed by atoms with van der Waals surface area (Å²) in [6.07, 6.45) is 2.61. The molecular weight excluding hydrogens is 232 g/mol. The van der Waals surface area contributed by atoms with Gasteiger partial charge in [-0.05, 0) is 18.6 Å². The summed E-state index contributed by atoms with van der Waals surface area (Å²) in [6, 6.07) is 5.57. The summed E-state index contributed by atoms with van der Waals surface area (Å²) < 4.78 is 0. The summed E-state index contributed by atoms with van der Waals surface area (Å²) >= 11 is 0. The van der Waals surface area contributed by atoms with Crippen LogP contribution in [0.5, 0.6) is 0 Å². The van der Waals surface area contributed by atoms with Crippen molar-refractivity contribution in [2.45, 2.75) is 19.8 Å². The van der Waals surface area contributed by atoms with E-state index in [9.17, 15) is 9.59 Å². The Hall–Kier alpha value is -1.91. The molecule has 1 atom stereocenters. The van der Waals surface area contributed by atoms with Crippen LogP contribution in [0, 0.1) is 5.92 Å². The third kappa shape index (κ3) is 4.53. The Morgan fingerprint density at radius 1 is 1.44 bits per heavy atom. The molecule has 0 bridgehead atoms. The Morgan fingerprint density at radius 3 is 2.72 bits per heavy atom. The predicted octanol–water partition coefficient (Wildman–Crippen LogP) is 1.19. The van der Waals surface area contributed by atoms with E-state index in [1.165, 1.54) is 4.90 Å². The summed E-state index contributed by atoms with van der Waals surface area (Å²) in [5.74, 6) is -1.50. The molecule has 0 aromatic carbocycles. The Labute approximate surface area is 106 Å². The van der Waals surface area contributed by atoms with Crippen molar-refractivity contribution in [3.63, 3.8) is 0 Å². The highest BCUT2D eigenvalue weighted by Crippen LogP contribution is 2.04. The van der Waals surface area contributed by atoms with Crippen molar-refractivity contribution in [1.82, 2.24) is 9.88 Å². The number of aliphatic carboxylic acids is 1. The number of carbonyl (C=O) groups is 2. The van der Waals surface area contributed by atoms with Gasteiger partial charge in [-0.15, -0.1) is 0 Å². The lowest BCUT2D eigenvalue weighted by Crippen LogP contribution is -2.33. The average Bonchev–Trinajstić information content (AvgIpc) is 2.36. The Balaban J connectivity index is 2.39. The summed E-state index contributed by atoms with van der Waals surface area (Å²) in [5, 5.41) is 8.77. The largest absolute Gasteiger partial charge is 0.481 e. The number of nitrogens with zero attached hydrogens (tertiary/aromatic N) is 2. The van der Waals surface area contributed by atoms with Crippen LogP contribution in [0.15, 0.2) is 24.4 Å². The summed E-state index contributed by atoms with van der Waals surface area (Å²) in [4.78, 5) is 28.1. The van der Waals surface area contributed by atoms with Crippen molar-refractivity contribution in [2.75, 3.05) is 13.6 Å².